The van der Waals surface area contributed by atoms with E-state index in [1.807, 2.05) is 32.0 Å². The molecule has 0 aromatic heterocycles. The van der Waals surface area contributed by atoms with Crippen molar-refractivity contribution in [3.8, 4) is 0 Å². The lowest BCUT2D eigenvalue weighted by atomic mass is 9.96. The monoisotopic (exact) mass is 329 g/mol. The van der Waals surface area contributed by atoms with Crippen LogP contribution in [0, 0.1) is 19.7 Å². The lowest BCUT2D eigenvalue weighted by Crippen LogP contribution is -2.43. The molecule has 0 fully saturated rings. The number of hydrogen-bond donors (Lipinski definition) is 1. The molecule has 4 nitrogen and oxygen atoms in total. The summed E-state index contributed by atoms with van der Waals surface area (Å²) in [4.78, 5) is 24.4. The van der Waals surface area contributed by atoms with E-state index in [4.69, 9.17) is 4.74 Å². The number of hydrogen-bond acceptors (Lipinski definition) is 3. The summed E-state index contributed by atoms with van der Waals surface area (Å²) in [5, 5.41) is 2.57. The number of amides is 1. The van der Waals surface area contributed by atoms with E-state index in [9.17, 15) is 14.0 Å². The number of benzene rings is 2. The van der Waals surface area contributed by atoms with Crippen LogP contribution in [0.15, 0.2) is 42.5 Å². The van der Waals surface area contributed by atoms with Gasteiger partial charge in [-0.15, -0.1) is 0 Å². The highest BCUT2D eigenvalue weighted by Gasteiger charge is 2.24. The fraction of sp³-hybridized carbons (Fsp3) is 0.263. The molecule has 0 spiro atoms. The Morgan fingerprint density at radius 1 is 1.08 bits per heavy atom. The van der Waals surface area contributed by atoms with Gasteiger partial charge in [0.1, 0.15) is 11.9 Å². The van der Waals surface area contributed by atoms with Gasteiger partial charge in [0, 0.05) is 6.42 Å². The van der Waals surface area contributed by atoms with Crippen molar-refractivity contribution in [3.63, 3.8) is 0 Å². The van der Waals surface area contributed by atoms with E-state index in [1.54, 1.807) is 6.07 Å². The number of methoxy groups -OCH3 is 1. The average molecular weight is 329 g/mol. The summed E-state index contributed by atoms with van der Waals surface area (Å²) in [6.07, 6.45) is 0.283. The molecule has 0 radical (unpaired) electrons. The number of carbonyl (C=O) groups is 2. The highest BCUT2D eigenvalue weighted by atomic mass is 19.1. The number of halogens is 1. The normalized spacial score (nSPS) is 11.7. The molecule has 0 saturated heterocycles. The molecule has 0 aliphatic heterocycles. The predicted octanol–water partition coefficient (Wildman–Crippen LogP) is 2.96. The first-order valence-corrected chi connectivity index (χ1v) is 7.62. The van der Waals surface area contributed by atoms with Gasteiger partial charge in [0.2, 0.25) is 0 Å². The molecule has 1 amide bonds. The molecule has 1 N–H and O–H groups in total. The standard InChI is InChI=1S/C19H20FNO3/c1-12-7-6-8-13(2)15(12)11-17(19(23)24-3)21-18(22)14-9-4-5-10-16(14)20/h4-10,17H,11H2,1-3H3,(H,21,22)/t17-/m1/s1. The van der Waals surface area contributed by atoms with Crippen LogP contribution in [0.3, 0.4) is 0 Å². The van der Waals surface area contributed by atoms with Crippen molar-refractivity contribution in [1.29, 1.82) is 0 Å². The maximum Gasteiger partial charge on any atom is 0.328 e. The van der Waals surface area contributed by atoms with Gasteiger partial charge >= 0.3 is 5.97 Å². The van der Waals surface area contributed by atoms with Crippen molar-refractivity contribution >= 4 is 11.9 Å². The fourth-order valence-corrected chi connectivity index (χ4v) is 2.59. The highest BCUT2D eigenvalue weighted by Crippen LogP contribution is 2.16. The largest absolute Gasteiger partial charge is 0.467 e. The third-order valence-corrected chi connectivity index (χ3v) is 3.96. The fourth-order valence-electron chi connectivity index (χ4n) is 2.59. The summed E-state index contributed by atoms with van der Waals surface area (Å²) in [6.45, 7) is 3.88. The Balaban J connectivity index is 2.25. The van der Waals surface area contributed by atoms with Crippen LogP contribution >= 0.6 is 0 Å². The Hall–Kier alpha value is -2.69. The molecule has 0 heterocycles. The number of esters is 1. The van der Waals surface area contributed by atoms with Gasteiger partial charge in [-0.05, 0) is 42.7 Å². The van der Waals surface area contributed by atoms with Gasteiger partial charge in [0.15, 0.2) is 0 Å². The Morgan fingerprint density at radius 3 is 2.29 bits per heavy atom. The molecule has 0 aliphatic carbocycles. The summed E-state index contributed by atoms with van der Waals surface area (Å²) < 4.78 is 18.5. The maximum atomic E-state index is 13.8. The van der Waals surface area contributed by atoms with Crippen molar-refractivity contribution in [2.75, 3.05) is 7.11 Å². The van der Waals surface area contributed by atoms with Gasteiger partial charge in [-0.3, -0.25) is 4.79 Å². The molecule has 126 valence electrons. The molecule has 0 aliphatic rings. The van der Waals surface area contributed by atoms with Crippen LogP contribution < -0.4 is 5.32 Å². The zero-order chi connectivity index (χ0) is 17.7. The van der Waals surface area contributed by atoms with E-state index in [1.165, 1.54) is 25.3 Å². The third kappa shape index (κ3) is 3.98. The second-order valence-corrected chi connectivity index (χ2v) is 5.60. The van der Waals surface area contributed by atoms with Crippen LogP contribution in [0.25, 0.3) is 0 Å². The number of rotatable bonds is 5. The van der Waals surface area contributed by atoms with Crippen molar-refractivity contribution in [3.05, 3.63) is 70.5 Å². The second-order valence-electron chi connectivity index (χ2n) is 5.60. The zero-order valence-corrected chi connectivity index (χ0v) is 13.9. The molecule has 0 bridgehead atoms. The summed E-state index contributed by atoms with van der Waals surface area (Å²) >= 11 is 0. The molecule has 24 heavy (non-hydrogen) atoms. The Morgan fingerprint density at radius 2 is 1.71 bits per heavy atom. The number of ether oxygens (including phenoxy) is 1. The minimum atomic E-state index is -0.887. The van der Waals surface area contributed by atoms with Crippen molar-refractivity contribution < 1.29 is 18.7 Å². The van der Waals surface area contributed by atoms with Crippen molar-refractivity contribution in [2.45, 2.75) is 26.3 Å². The lowest BCUT2D eigenvalue weighted by molar-refractivity contribution is -0.142. The Labute approximate surface area is 140 Å². The predicted molar refractivity (Wildman–Crippen MR) is 89.3 cm³/mol. The SMILES string of the molecule is COC(=O)[C@@H](Cc1c(C)cccc1C)NC(=O)c1ccccc1F. The van der Waals surface area contributed by atoms with Gasteiger partial charge in [-0.2, -0.15) is 0 Å². The lowest BCUT2D eigenvalue weighted by Gasteiger charge is -2.19. The van der Waals surface area contributed by atoms with Crippen LogP contribution in [-0.4, -0.2) is 25.0 Å². The average Bonchev–Trinajstić information content (AvgIpc) is 2.56. The van der Waals surface area contributed by atoms with E-state index in [2.05, 4.69) is 5.32 Å². The molecular weight excluding hydrogens is 309 g/mol. The van der Waals surface area contributed by atoms with E-state index < -0.39 is 23.7 Å². The van der Waals surface area contributed by atoms with Gasteiger partial charge in [-0.1, -0.05) is 30.3 Å². The van der Waals surface area contributed by atoms with Gasteiger partial charge in [0.05, 0.1) is 12.7 Å². The first-order chi connectivity index (χ1) is 11.4. The summed E-state index contributed by atoms with van der Waals surface area (Å²) in [5.74, 6) is -1.84. The highest BCUT2D eigenvalue weighted by molar-refractivity contribution is 5.97. The summed E-state index contributed by atoms with van der Waals surface area (Å²) in [6, 6.07) is 10.6. The van der Waals surface area contributed by atoms with Crippen LogP contribution in [0.2, 0.25) is 0 Å². The molecule has 0 saturated carbocycles. The second kappa shape index (κ2) is 7.73. The summed E-state index contributed by atoms with van der Waals surface area (Å²) in [5.41, 5.74) is 2.89. The topological polar surface area (TPSA) is 55.4 Å². The minimum Gasteiger partial charge on any atom is -0.467 e. The van der Waals surface area contributed by atoms with Crippen LogP contribution in [0.1, 0.15) is 27.0 Å². The first kappa shape index (κ1) is 17.7. The van der Waals surface area contributed by atoms with Crippen LogP contribution in [0.4, 0.5) is 4.39 Å². The van der Waals surface area contributed by atoms with Crippen molar-refractivity contribution in [1.82, 2.24) is 5.32 Å². The van der Waals surface area contributed by atoms with Gasteiger partial charge < -0.3 is 10.1 Å². The Kier molecular flexibility index (Phi) is 5.68. The quantitative estimate of drug-likeness (QED) is 0.858. The number of aryl methyl sites for hydroxylation is 2. The molecule has 1 atom stereocenters. The third-order valence-electron chi connectivity index (χ3n) is 3.96. The van der Waals surface area contributed by atoms with Gasteiger partial charge in [-0.25, -0.2) is 9.18 Å². The molecule has 2 aromatic carbocycles. The maximum absolute atomic E-state index is 13.8. The Bertz CT molecular complexity index is 738. The number of carbonyl (C=O) groups excluding carboxylic acids is 2. The zero-order valence-electron chi connectivity index (χ0n) is 13.9. The summed E-state index contributed by atoms with van der Waals surface area (Å²) in [7, 11) is 1.26. The van der Waals surface area contributed by atoms with Crippen LogP contribution in [-0.2, 0) is 16.0 Å². The van der Waals surface area contributed by atoms with E-state index in [0.29, 0.717) is 0 Å². The van der Waals surface area contributed by atoms with Gasteiger partial charge in [0.25, 0.3) is 5.91 Å². The minimum absolute atomic E-state index is 0.104. The number of nitrogens with one attached hydrogen (secondary N) is 1. The van der Waals surface area contributed by atoms with E-state index in [-0.39, 0.29) is 12.0 Å². The van der Waals surface area contributed by atoms with Crippen LogP contribution in [0.5, 0.6) is 0 Å². The molecule has 0 unspecified atom stereocenters. The first-order valence-electron chi connectivity index (χ1n) is 7.62. The molecule has 5 heteroatoms. The molecular formula is C19H20FNO3. The smallest absolute Gasteiger partial charge is 0.328 e. The van der Waals surface area contributed by atoms with Crippen molar-refractivity contribution in [2.24, 2.45) is 0 Å². The molecule has 2 aromatic rings. The van der Waals surface area contributed by atoms with E-state index >= 15 is 0 Å². The molecule has 2 rings (SSSR count). The van der Waals surface area contributed by atoms with E-state index in [0.717, 1.165) is 16.7 Å².